The molecule has 0 spiro atoms. The van der Waals surface area contributed by atoms with Crippen molar-refractivity contribution in [2.24, 2.45) is 0 Å². The molecule has 0 aromatic rings. The zero-order valence-electron chi connectivity index (χ0n) is 11.7. The normalized spacial score (nSPS) is 29.5. The van der Waals surface area contributed by atoms with Crippen molar-refractivity contribution in [3.05, 3.63) is 0 Å². The standard InChI is InChI=1S/C14H27NO3/c1-3-5-14(16,6-4-2)10-13-9-12-11-17-8-7-15(12)18-13/h12-13,16H,3-11H2,1-2H3. The van der Waals surface area contributed by atoms with Gasteiger partial charge in [-0.25, -0.2) is 0 Å². The Morgan fingerprint density at radius 1 is 1.28 bits per heavy atom. The fourth-order valence-electron chi connectivity index (χ4n) is 3.31. The van der Waals surface area contributed by atoms with Gasteiger partial charge in [0, 0.05) is 13.0 Å². The first-order chi connectivity index (χ1) is 8.67. The van der Waals surface area contributed by atoms with Crippen molar-refractivity contribution in [2.75, 3.05) is 19.8 Å². The second kappa shape index (κ2) is 6.33. The predicted octanol–water partition coefficient (Wildman–Crippen LogP) is 2.11. The second-order valence-corrected chi connectivity index (χ2v) is 5.76. The van der Waals surface area contributed by atoms with Crippen molar-refractivity contribution in [3.8, 4) is 0 Å². The van der Waals surface area contributed by atoms with Crippen LogP contribution < -0.4 is 0 Å². The number of nitrogens with zero attached hydrogens (tertiary/aromatic N) is 1. The average Bonchev–Trinajstić information content (AvgIpc) is 2.70. The van der Waals surface area contributed by atoms with Crippen molar-refractivity contribution >= 4 is 0 Å². The fraction of sp³-hybridized carbons (Fsp3) is 1.00. The number of morpholine rings is 1. The van der Waals surface area contributed by atoms with Gasteiger partial charge in [0.25, 0.3) is 0 Å². The molecule has 0 amide bonds. The van der Waals surface area contributed by atoms with Gasteiger partial charge in [0.2, 0.25) is 0 Å². The lowest BCUT2D eigenvalue weighted by Crippen LogP contribution is -2.40. The highest BCUT2D eigenvalue weighted by Crippen LogP contribution is 2.33. The van der Waals surface area contributed by atoms with Crippen LogP contribution in [0.1, 0.15) is 52.4 Å². The SMILES string of the molecule is CCCC(O)(CCC)CC1CC2COCCN2O1. The van der Waals surface area contributed by atoms with Gasteiger partial charge < -0.3 is 9.84 Å². The second-order valence-electron chi connectivity index (χ2n) is 5.76. The molecule has 2 saturated heterocycles. The van der Waals surface area contributed by atoms with Crippen molar-refractivity contribution < 1.29 is 14.7 Å². The van der Waals surface area contributed by atoms with Gasteiger partial charge in [-0.1, -0.05) is 26.7 Å². The molecule has 0 aliphatic carbocycles. The summed E-state index contributed by atoms with van der Waals surface area (Å²) >= 11 is 0. The molecule has 2 rings (SSSR count). The van der Waals surface area contributed by atoms with Crippen LogP contribution in [-0.2, 0) is 9.57 Å². The minimum absolute atomic E-state index is 0.166. The van der Waals surface area contributed by atoms with E-state index in [2.05, 4.69) is 18.9 Å². The lowest BCUT2D eigenvalue weighted by Gasteiger charge is -2.30. The molecule has 0 aromatic heterocycles. The molecule has 0 saturated carbocycles. The maximum absolute atomic E-state index is 10.7. The molecule has 0 radical (unpaired) electrons. The van der Waals surface area contributed by atoms with Crippen LogP contribution in [-0.4, -0.2) is 47.7 Å². The number of hydrogen-bond donors (Lipinski definition) is 1. The molecule has 1 N–H and O–H groups in total. The van der Waals surface area contributed by atoms with Crippen LogP contribution in [0.15, 0.2) is 0 Å². The molecule has 2 unspecified atom stereocenters. The number of ether oxygens (including phenoxy) is 1. The smallest absolute Gasteiger partial charge is 0.0837 e. The van der Waals surface area contributed by atoms with E-state index in [1.807, 2.05) is 0 Å². The van der Waals surface area contributed by atoms with Crippen LogP contribution in [0.3, 0.4) is 0 Å². The third kappa shape index (κ3) is 3.44. The van der Waals surface area contributed by atoms with E-state index >= 15 is 0 Å². The summed E-state index contributed by atoms with van der Waals surface area (Å²) in [5.74, 6) is 0. The number of rotatable bonds is 6. The highest BCUT2D eigenvalue weighted by atomic mass is 16.7. The first-order valence-corrected chi connectivity index (χ1v) is 7.40. The average molecular weight is 257 g/mol. The van der Waals surface area contributed by atoms with Gasteiger partial charge in [-0.15, -0.1) is 0 Å². The summed E-state index contributed by atoms with van der Waals surface area (Å²) in [6.07, 6.45) is 5.74. The summed E-state index contributed by atoms with van der Waals surface area (Å²) in [4.78, 5) is 5.95. The summed E-state index contributed by atoms with van der Waals surface area (Å²) in [6.45, 7) is 6.66. The van der Waals surface area contributed by atoms with Crippen LogP contribution >= 0.6 is 0 Å². The van der Waals surface area contributed by atoms with Crippen molar-refractivity contribution in [3.63, 3.8) is 0 Å². The summed E-state index contributed by atoms with van der Waals surface area (Å²) in [6, 6.07) is 0.399. The molecular formula is C14H27NO3. The van der Waals surface area contributed by atoms with E-state index < -0.39 is 5.60 Å². The Morgan fingerprint density at radius 2 is 2.00 bits per heavy atom. The van der Waals surface area contributed by atoms with E-state index in [0.29, 0.717) is 6.04 Å². The predicted molar refractivity (Wildman–Crippen MR) is 70.2 cm³/mol. The summed E-state index contributed by atoms with van der Waals surface area (Å²) < 4.78 is 5.47. The maximum atomic E-state index is 10.7. The molecule has 2 fully saturated rings. The van der Waals surface area contributed by atoms with E-state index in [1.165, 1.54) is 0 Å². The number of aliphatic hydroxyl groups is 1. The van der Waals surface area contributed by atoms with E-state index in [-0.39, 0.29) is 6.10 Å². The molecule has 0 aromatic carbocycles. The zero-order chi connectivity index (χ0) is 13.0. The Hall–Kier alpha value is -0.160. The summed E-state index contributed by atoms with van der Waals surface area (Å²) in [5.41, 5.74) is -0.538. The van der Waals surface area contributed by atoms with Crippen LogP contribution in [0.25, 0.3) is 0 Å². The Balaban J connectivity index is 1.88. The topological polar surface area (TPSA) is 41.9 Å². The van der Waals surface area contributed by atoms with E-state index in [4.69, 9.17) is 9.57 Å². The van der Waals surface area contributed by atoms with Crippen molar-refractivity contribution in [2.45, 2.75) is 70.1 Å². The largest absolute Gasteiger partial charge is 0.390 e. The van der Waals surface area contributed by atoms with Crippen LogP contribution in [0, 0.1) is 0 Å². The Labute approximate surface area is 110 Å². The molecule has 2 aliphatic heterocycles. The lowest BCUT2D eigenvalue weighted by atomic mass is 9.86. The van der Waals surface area contributed by atoms with Crippen LogP contribution in [0.5, 0.6) is 0 Å². The Morgan fingerprint density at radius 3 is 2.61 bits per heavy atom. The van der Waals surface area contributed by atoms with Gasteiger partial charge in [-0.05, 0) is 19.3 Å². The summed E-state index contributed by atoms with van der Waals surface area (Å²) in [7, 11) is 0. The fourth-order valence-corrected chi connectivity index (χ4v) is 3.31. The summed E-state index contributed by atoms with van der Waals surface area (Å²) in [5, 5.41) is 12.7. The third-order valence-electron chi connectivity index (χ3n) is 4.03. The molecule has 0 bridgehead atoms. The maximum Gasteiger partial charge on any atom is 0.0837 e. The first kappa shape index (κ1) is 14.3. The molecular weight excluding hydrogens is 230 g/mol. The van der Waals surface area contributed by atoms with Gasteiger partial charge in [-0.3, -0.25) is 4.84 Å². The van der Waals surface area contributed by atoms with E-state index in [9.17, 15) is 5.11 Å². The van der Waals surface area contributed by atoms with E-state index in [0.717, 1.165) is 58.3 Å². The lowest BCUT2D eigenvalue weighted by molar-refractivity contribution is -0.204. The molecule has 18 heavy (non-hydrogen) atoms. The quantitative estimate of drug-likeness (QED) is 0.791. The van der Waals surface area contributed by atoms with Crippen LogP contribution in [0.4, 0.5) is 0 Å². The van der Waals surface area contributed by atoms with Gasteiger partial charge in [0.1, 0.15) is 0 Å². The minimum Gasteiger partial charge on any atom is -0.390 e. The monoisotopic (exact) mass is 257 g/mol. The van der Waals surface area contributed by atoms with Crippen LogP contribution in [0.2, 0.25) is 0 Å². The molecule has 2 atom stereocenters. The number of fused-ring (bicyclic) bond motifs is 1. The highest BCUT2D eigenvalue weighted by molar-refractivity contribution is 4.87. The van der Waals surface area contributed by atoms with Crippen molar-refractivity contribution in [1.29, 1.82) is 0 Å². The van der Waals surface area contributed by atoms with E-state index in [1.54, 1.807) is 0 Å². The zero-order valence-corrected chi connectivity index (χ0v) is 11.7. The minimum atomic E-state index is -0.538. The van der Waals surface area contributed by atoms with Gasteiger partial charge >= 0.3 is 0 Å². The molecule has 4 nitrogen and oxygen atoms in total. The first-order valence-electron chi connectivity index (χ1n) is 7.40. The number of hydroxylamine groups is 2. The molecule has 2 aliphatic rings. The third-order valence-corrected chi connectivity index (χ3v) is 4.03. The highest BCUT2D eigenvalue weighted by Gasteiger charge is 2.39. The molecule has 106 valence electrons. The van der Waals surface area contributed by atoms with Gasteiger partial charge in [0.05, 0.1) is 31.0 Å². The number of hydrogen-bond acceptors (Lipinski definition) is 4. The van der Waals surface area contributed by atoms with Gasteiger partial charge in [-0.2, -0.15) is 5.06 Å². The Bertz CT molecular complexity index is 239. The molecule has 2 heterocycles. The molecule has 4 heteroatoms. The van der Waals surface area contributed by atoms with Gasteiger partial charge in [0.15, 0.2) is 0 Å². The van der Waals surface area contributed by atoms with Crippen molar-refractivity contribution in [1.82, 2.24) is 5.06 Å². The Kier molecular flexibility index (Phi) is 5.01.